The Kier molecular flexibility index (Phi) is 4.53. The molecule has 0 fully saturated rings. The van der Waals surface area contributed by atoms with Gasteiger partial charge in [-0.05, 0) is 36.6 Å². The maximum absolute atomic E-state index is 5.69. The molecule has 0 amide bonds. The van der Waals surface area contributed by atoms with Crippen LogP contribution in [0.15, 0.2) is 60.7 Å². The van der Waals surface area contributed by atoms with Crippen LogP contribution in [0.25, 0.3) is 10.1 Å². The van der Waals surface area contributed by atoms with Gasteiger partial charge in [-0.2, -0.15) is 0 Å². The van der Waals surface area contributed by atoms with Gasteiger partial charge in [0.1, 0.15) is 12.4 Å². The van der Waals surface area contributed by atoms with Gasteiger partial charge in [0.25, 0.3) is 0 Å². The van der Waals surface area contributed by atoms with E-state index in [-0.39, 0.29) is 0 Å². The molecule has 21 heavy (non-hydrogen) atoms. The Morgan fingerprint density at radius 1 is 1.05 bits per heavy atom. The maximum atomic E-state index is 5.69. The highest BCUT2D eigenvalue weighted by Crippen LogP contribution is 2.29. The third-order valence-electron chi connectivity index (χ3n) is 3.44. The molecule has 2 aromatic carbocycles. The van der Waals surface area contributed by atoms with E-state index in [0.29, 0.717) is 12.6 Å². The molecule has 3 rings (SSSR count). The van der Waals surface area contributed by atoms with Gasteiger partial charge in [-0.3, -0.25) is 0 Å². The summed E-state index contributed by atoms with van der Waals surface area (Å²) in [5, 5.41) is 4.84. The largest absolute Gasteiger partial charge is 0.492 e. The molecule has 0 bridgehead atoms. The van der Waals surface area contributed by atoms with E-state index in [9.17, 15) is 0 Å². The van der Waals surface area contributed by atoms with Gasteiger partial charge < -0.3 is 10.1 Å². The quantitative estimate of drug-likeness (QED) is 0.670. The first-order valence-corrected chi connectivity index (χ1v) is 8.04. The van der Waals surface area contributed by atoms with E-state index in [4.69, 9.17) is 4.74 Å². The second kappa shape index (κ2) is 6.74. The lowest BCUT2D eigenvalue weighted by molar-refractivity contribution is 0.308. The topological polar surface area (TPSA) is 21.3 Å². The Morgan fingerprint density at radius 2 is 1.81 bits per heavy atom. The molecule has 1 heterocycles. The van der Waals surface area contributed by atoms with Crippen LogP contribution in [0.4, 0.5) is 0 Å². The molecule has 0 saturated carbocycles. The molecule has 3 aromatic rings. The number of ether oxygens (including phenoxy) is 1. The SMILES string of the molecule is CC(NCCOc1ccccc1)c1cc2ccccc2s1. The standard InChI is InChI=1S/C18H19NOS/c1-14(18-13-15-7-5-6-10-17(15)21-18)19-11-12-20-16-8-3-2-4-9-16/h2-10,13-14,19H,11-12H2,1H3. The predicted molar refractivity (Wildman–Crippen MR) is 90.2 cm³/mol. The lowest BCUT2D eigenvalue weighted by atomic mass is 10.2. The van der Waals surface area contributed by atoms with Crippen molar-refractivity contribution < 1.29 is 4.74 Å². The zero-order valence-electron chi connectivity index (χ0n) is 12.1. The molecule has 1 unspecified atom stereocenters. The smallest absolute Gasteiger partial charge is 0.119 e. The second-order valence-corrected chi connectivity index (χ2v) is 6.14. The van der Waals surface area contributed by atoms with Gasteiger partial charge in [0.05, 0.1) is 0 Å². The summed E-state index contributed by atoms with van der Waals surface area (Å²) in [6.07, 6.45) is 0. The minimum Gasteiger partial charge on any atom is -0.492 e. The van der Waals surface area contributed by atoms with Crippen LogP contribution in [0.1, 0.15) is 17.8 Å². The van der Waals surface area contributed by atoms with Crippen molar-refractivity contribution in [2.24, 2.45) is 0 Å². The van der Waals surface area contributed by atoms with Gasteiger partial charge in [-0.15, -0.1) is 11.3 Å². The summed E-state index contributed by atoms with van der Waals surface area (Å²) in [4.78, 5) is 1.37. The van der Waals surface area contributed by atoms with E-state index in [0.717, 1.165) is 12.3 Å². The first-order valence-electron chi connectivity index (χ1n) is 7.22. The minimum atomic E-state index is 0.349. The Balaban J connectivity index is 1.51. The van der Waals surface area contributed by atoms with Gasteiger partial charge in [0.2, 0.25) is 0 Å². The van der Waals surface area contributed by atoms with Crippen molar-refractivity contribution in [2.75, 3.05) is 13.2 Å². The summed E-state index contributed by atoms with van der Waals surface area (Å²) in [7, 11) is 0. The van der Waals surface area contributed by atoms with E-state index < -0.39 is 0 Å². The molecule has 3 heteroatoms. The molecule has 0 saturated heterocycles. The van der Waals surface area contributed by atoms with Crippen molar-refractivity contribution in [3.05, 3.63) is 65.5 Å². The van der Waals surface area contributed by atoms with Crippen LogP contribution in [-0.2, 0) is 0 Å². The first kappa shape index (κ1) is 14.1. The number of benzene rings is 2. The number of fused-ring (bicyclic) bond motifs is 1. The molecule has 1 atom stereocenters. The average Bonchev–Trinajstić information content (AvgIpc) is 2.96. The highest BCUT2D eigenvalue weighted by Gasteiger charge is 2.08. The van der Waals surface area contributed by atoms with Gasteiger partial charge in [0, 0.05) is 22.2 Å². The van der Waals surface area contributed by atoms with Crippen LogP contribution in [0.2, 0.25) is 0 Å². The fourth-order valence-corrected chi connectivity index (χ4v) is 3.37. The van der Waals surface area contributed by atoms with Crippen LogP contribution >= 0.6 is 11.3 Å². The molecule has 108 valence electrons. The number of rotatable bonds is 6. The summed E-state index contributed by atoms with van der Waals surface area (Å²) in [5.41, 5.74) is 0. The minimum absolute atomic E-state index is 0.349. The zero-order chi connectivity index (χ0) is 14.5. The number of para-hydroxylation sites is 1. The van der Waals surface area contributed by atoms with Crippen molar-refractivity contribution in [3.63, 3.8) is 0 Å². The summed E-state index contributed by atoms with van der Waals surface area (Å²) in [6, 6.07) is 21.1. The van der Waals surface area contributed by atoms with Crippen LogP contribution < -0.4 is 10.1 Å². The third-order valence-corrected chi connectivity index (χ3v) is 4.73. The van der Waals surface area contributed by atoms with Crippen LogP contribution in [0.3, 0.4) is 0 Å². The normalized spacial score (nSPS) is 12.4. The first-order chi connectivity index (χ1) is 10.3. The summed E-state index contributed by atoms with van der Waals surface area (Å²) < 4.78 is 7.04. The van der Waals surface area contributed by atoms with Gasteiger partial charge in [-0.25, -0.2) is 0 Å². The van der Waals surface area contributed by atoms with Gasteiger partial charge >= 0.3 is 0 Å². The zero-order valence-corrected chi connectivity index (χ0v) is 12.9. The molecule has 0 aliphatic carbocycles. The van der Waals surface area contributed by atoms with Crippen molar-refractivity contribution in [2.45, 2.75) is 13.0 Å². The number of thiophene rings is 1. The fraction of sp³-hybridized carbons (Fsp3) is 0.222. The van der Waals surface area contributed by atoms with Crippen molar-refractivity contribution in [1.82, 2.24) is 5.32 Å². The molecule has 0 aliphatic rings. The number of hydrogen-bond acceptors (Lipinski definition) is 3. The molecule has 2 nitrogen and oxygen atoms in total. The summed E-state index contributed by atoms with van der Waals surface area (Å²) in [5.74, 6) is 0.925. The van der Waals surface area contributed by atoms with Gasteiger partial charge in [-0.1, -0.05) is 36.4 Å². The Bertz CT molecular complexity index is 660. The monoisotopic (exact) mass is 297 g/mol. The number of nitrogens with one attached hydrogen (secondary N) is 1. The summed E-state index contributed by atoms with van der Waals surface area (Å²) in [6.45, 7) is 3.72. The van der Waals surface area contributed by atoms with E-state index >= 15 is 0 Å². The van der Waals surface area contributed by atoms with Crippen LogP contribution in [0.5, 0.6) is 5.75 Å². The van der Waals surface area contributed by atoms with Crippen molar-refractivity contribution in [3.8, 4) is 5.75 Å². The van der Waals surface area contributed by atoms with E-state index in [1.807, 2.05) is 41.7 Å². The maximum Gasteiger partial charge on any atom is 0.119 e. The summed E-state index contributed by atoms with van der Waals surface area (Å²) >= 11 is 1.86. The lowest BCUT2D eigenvalue weighted by Crippen LogP contribution is -2.23. The Hall–Kier alpha value is -1.84. The van der Waals surface area contributed by atoms with Crippen molar-refractivity contribution >= 4 is 21.4 Å². The molecular weight excluding hydrogens is 278 g/mol. The van der Waals surface area contributed by atoms with E-state index in [1.54, 1.807) is 0 Å². The Morgan fingerprint density at radius 3 is 2.62 bits per heavy atom. The second-order valence-electron chi connectivity index (χ2n) is 5.02. The van der Waals surface area contributed by atoms with Crippen molar-refractivity contribution in [1.29, 1.82) is 0 Å². The van der Waals surface area contributed by atoms with E-state index in [1.165, 1.54) is 15.0 Å². The Labute approximate surface area is 129 Å². The molecular formula is C18H19NOS. The third kappa shape index (κ3) is 3.63. The highest BCUT2D eigenvalue weighted by molar-refractivity contribution is 7.19. The molecule has 1 N–H and O–H groups in total. The lowest BCUT2D eigenvalue weighted by Gasteiger charge is -2.12. The molecule has 0 aliphatic heterocycles. The molecule has 1 aromatic heterocycles. The predicted octanol–water partition coefficient (Wildman–Crippen LogP) is 4.63. The average molecular weight is 297 g/mol. The molecule has 0 spiro atoms. The highest BCUT2D eigenvalue weighted by atomic mass is 32.1. The van der Waals surface area contributed by atoms with Crippen LogP contribution in [-0.4, -0.2) is 13.2 Å². The van der Waals surface area contributed by atoms with E-state index in [2.05, 4.69) is 42.6 Å². The fourth-order valence-electron chi connectivity index (χ4n) is 2.28. The molecule has 0 radical (unpaired) electrons. The number of hydrogen-bond donors (Lipinski definition) is 1. The van der Waals surface area contributed by atoms with Crippen LogP contribution in [0, 0.1) is 0 Å². The van der Waals surface area contributed by atoms with Gasteiger partial charge in [0.15, 0.2) is 0 Å².